The summed E-state index contributed by atoms with van der Waals surface area (Å²) in [5, 5.41) is 57.2. The van der Waals surface area contributed by atoms with Gasteiger partial charge in [0.15, 0.2) is 5.96 Å². The fourth-order valence-corrected chi connectivity index (χ4v) is 11.1. The zero-order valence-electron chi connectivity index (χ0n) is 57.7. The summed E-state index contributed by atoms with van der Waals surface area (Å²) < 4.78 is 0. The van der Waals surface area contributed by atoms with E-state index in [1.807, 2.05) is 32.0 Å². The summed E-state index contributed by atoms with van der Waals surface area (Å²) in [5.41, 5.74) is 24.7. The molecule has 3 aromatic heterocycles. The van der Waals surface area contributed by atoms with Crippen LogP contribution in [0.25, 0.3) is 10.9 Å². The van der Waals surface area contributed by atoms with Crippen LogP contribution < -0.4 is 76.1 Å². The number of hydrogen-bond acceptors (Lipinski definition) is 19. The zero-order chi connectivity index (χ0) is 74.9. The summed E-state index contributed by atoms with van der Waals surface area (Å²) in [6.45, 7) is 12.0. The first-order valence-corrected chi connectivity index (χ1v) is 33.2. The number of aliphatic carboxylic acids is 1. The van der Waals surface area contributed by atoms with E-state index < -0.39 is 168 Å². The van der Waals surface area contributed by atoms with Crippen LogP contribution in [-0.4, -0.2) is 226 Å². The summed E-state index contributed by atoms with van der Waals surface area (Å²) in [5.74, 6) is -13.3. The Morgan fingerprint density at radius 2 is 1.07 bits per heavy atom. The number of para-hydroxylation sites is 1. The Labute approximate surface area is 582 Å². The molecule has 1 saturated heterocycles. The summed E-state index contributed by atoms with van der Waals surface area (Å²) in [7, 11) is 0. The Morgan fingerprint density at radius 3 is 1.61 bits per heavy atom. The van der Waals surface area contributed by atoms with E-state index in [1.165, 1.54) is 43.8 Å². The molecule has 37 nitrogen and oxygen atoms in total. The first kappa shape index (κ1) is 81.1. The van der Waals surface area contributed by atoms with Crippen LogP contribution in [0.5, 0.6) is 0 Å². The number of aliphatic imine (C=N–C) groups is 1. The van der Waals surface area contributed by atoms with E-state index in [0.29, 0.717) is 24.1 Å². The topological polar surface area (TPSA) is 596 Å². The van der Waals surface area contributed by atoms with Gasteiger partial charge >= 0.3 is 5.97 Å². The lowest BCUT2D eigenvalue weighted by Crippen LogP contribution is -2.63. The molecule has 4 aromatic rings. The van der Waals surface area contributed by atoms with E-state index >= 15 is 0 Å². The molecule has 1 aromatic carbocycles. The maximum atomic E-state index is 14.9. The van der Waals surface area contributed by atoms with Crippen molar-refractivity contribution in [2.24, 2.45) is 39.8 Å². The number of primary amides is 1. The number of likely N-dealkylation sites (tertiary alicyclic amines) is 1. The van der Waals surface area contributed by atoms with Crippen molar-refractivity contribution < 1.29 is 77.6 Å². The van der Waals surface area contributed by atoms with E-state index in [4.69, 9.17) is 22.9 Å². The Bertz CT molecular complexity index is 3540. The van der Waals surface area contributed by atoms with E-state index in [1.54, 1.807) is 26.1 Å². The highest BCUT2D eigenvalue weighted by atomic mass is 16.4. The van der Waals surface area contributed by atoms with Crippen LogP contribution in [0.1, 0.15) is 117 Å². The molecule has 1 aliphatic rings. The SMILES string of the molecule is CC(C)C[C@H](NC(=O)[C@@H](N)CC(C)C)C(=O)N[C@@H](C)C(=O)N[C@@H](CC(=O)O)C(=O)N[C@H](C(=O)N[C@H](C(=O)N[C@@H](Cc1cnc[nH]1)C(=O)N[C@@H](Cc1cnc[nH]1)C(=O)N[C@@H](CCCN=C(N)N)C(=O)N1CCC[C@H]1C(=O)N[C@@H](Cc1c[nH]c2ccccc12)C(=O)N[C@@H](C)C(N)=O)[C@@H](C)O)[C@@H](C)O. The molecule has 0 saturated carbocycles. The van der Waals surface area contributed by atoms with E-state index in [2.05, 4.69) is 83.1 Å². The van der Waals surface area contributed by atoms with Crippen molar-refractivity contribution in [2.75, 3.05) is 13.1 Å². The molecule has 37 heteroatoms. The van der Waals surface area contributed by atoms with Crippen molar-refractivity contribution in [2.45, 2.75) is 204 Å². The molecule has 5 rings (SSSR count). The molecule has 101 heavy (non-hydrogen) atoms. The van der Waals surface area contributed by atoms with E-state index in [-0.39, 0.29) is 81.5 Å². The van der Waals surface area contributed by atoms with Crippen LogP contribution in [0.4, 0.5) is 0 Å². The minimum absolute atomic E-state index is 0.0121. The van der Waals surface area contributed by atoms with Crippen molar-refractivity contribution in [3.8, 4) is 0 Å². The third kappa shape index (κ3) is 25.3. The summed E-state index contributed by atoms with van der Waals surface area (Å²) in [6.07, 6.45) is 2.31. The summed E-state index contributed by atoms with van der Waals surface area (Å²) in [4.78, 5) is 201. The third-order valence-corrected chi connectivity index (χ3v) is 16.4. The quantitative estimate of drug-likeness (QED) is 0.0112. The Hall–Kier alpha value is -10.6. The predicted octanol–water partition coefficient (Wildman–Crippen LogP) is -5.28. The normalized spacial score (nSPS) is 16.7. The average molecular weight is 1420 g/mol. The molecular formula is C64H97N21O16. The van der Waals surface area contributed by atoms with Crippen LogP contribution in [0.3, 0.4) is 0 Å². The average Bonchev–Trinajstić information content (AvgIpc) is 1.69. The molecule has 1 aliphatic heterocycles. The van der Waals surface area contributed by atoms with Gasteiger partial charge in [-0.2, -0.15) is 0 Å². The van der Waals surface area contributed by atoms with Gasteiger partial charge in [-0.15, -0.1) is 0 Å². The van der Waals surface area contributed by atoms with Gasteiger partial charge in [0.1, 0.15) is 66.5 Å². The van der Waals surface area contributed by atoms with Gasteiger partial charge in [0.25, 0.3) is 0 Å². The number of aliphatic hydroxyl groups excluding tert-OH is 2. The number of carbonyl (C=O) groups excluding carboxylic acids is 12. The number of fused-ring (bicyclic) bond motifs is 1. The molecule has 12 amide bonds. The smallest absolute Gasteiger partial charge is 0.305 e. The second-order valence-electron chi connectivity index (χ2n) is 25.9. The number of carboxylic acid groups (broad SMARTS) is 1. The molecule has 0 spiro atoms. The lowest BCUT2D eigenvalue weighted by atomic mass is 10.0. The van der Waals surface area contributed by atoms with Gasteiger partial charge in [-0.25, -0.2) is 9.97 Å². The van der Waals surface area contributed by atoms with Gasteiger partial charge in [0.05, 0.1) is 37.3 Å². The zero-order valence-corrected chi connectivity index (χ0v) is 57.7. The second-order valence-corrected chi connectivity index (χ2v) is 25.9. The molecule has 24 N–H and O–H groups in total. The molecule has 14 atom stereocenters. The molecule has 0 bridgehead atoms. The highest BCUT2D eigenvalue weighted by Crippen LogP contribution is 2.23. The van der Waals surface area contributed by atoms with Crippen LogP contribution in [0.2, 0.25) is 0 Å². The second kappa shape index (κ2) is 38.7. The maximum absolute atomic E-state index is 14.9. The monoisotopic (exact) mass is 1420 g/mol. The summed E-state index contributed by atoms with van der Waals surface area (Å²) in [6, 6.07) is -10.6. The number of hydrogen-bond donors (Lipinski definition) is 20. The third-order valence-electron chi connectivity index (χ3n) is 16.4. The van der Waals surface area contributed by atoms with Crippen molar-refractivity contribution in [1.29, 1.82) is 0 Å². The number of H-pyrrole nitrogens is 3. The first-order chi connectivity index (χ1) is 47.6. The molecule has 554 valence electrons. The minimum atomic E-state index is -2.03. The number of carbonyl (C=O) groups is 13. The van der Waals surface area contributed by atoms with E-state index in [9.17, 15) is 77.6 Å². The largest absolute Gasteiger partial charge is 0.481 e. The summed E-state index contributed by atoms with van der Waals surface area (Å²) >= 11 is 0. The molecular weight excluding hydrogens is 1320 g/mol. The van der Waals surface area contributed by atoms with Gasteiger partial charge in [0.2, 0.25) is 70.9 Å². The van der Waals surface area contributed by atoms with Crippen molar-refractivity contribution >= 4 is 93.7 Å². The molecule has 4 heterocycles. The number of nitrogens with two attached hydrogens (primary N) is 4. The number of amides is 12. The van der Waals surface area contributed by atoms with Crippen LogP contribution in [0, 0.1) is 11.8 Å². The highest BCUT2D eigenvalue weighted by molar-refractivity contribution is 6.00. The first-order valence-electron chi connectivity index (χ1n) is 33.2. The number of aromatic nitrogens is 5. The number of nitrogens with zero attached hydrogens (tertiary/aromatic N) is 4. The van der Waals surface area contributed by atoms with Gasteiger partial charge in [0, 0.05) is 73.2 Å². The van der Waals surface area contributed by atoms with Crippen LogP contribution in [0.15, 0.2) is 60.5 Å². The van der Waals surface area contributed by atoms with Gasteiger partial charge in [-0.1, -0.05) is 45.9 Å². The number of aromatic amines is 3. The van der Waals surface area contributed by atoms with Crippen molar-refractivity contribution in [3.63, 3.8) is 0 Å². The van der Waals surface area contributed by atoms with Gasteiger partial charge in [-0.3, -0.25) is 67.3 Å². The van der Waals surface area contributed by atoms with Gasteiger partial charge < -0.3 is 111 Å². The predicted molar refractivity (Wildman–Crippen MR) is 364 cm³/mol. The fraction of sp³-hybridized carbons (Fsp3) is 0.562. The number of rotatable bonds is 40. The van der Waals surface area contributed by atoms with Crippen molar-refractivity contribution in [1.82, 2.24) is 83.0 Å². The number of carboxylic acids is 1. The number of guanidine groups is 1. The Balaban J connectivity index is 1.35. The Morgan fingerprint density at radius 1 is 0.574 bits per heavy atom. The number of benzene rings is 1. The number of nitrogens with one attached hydrogen (secondary N) is 13. The lowest BCUT2D eigenvalue weighted by Gasteiger charge is -2.31. The molecule has 0 radical (unpaired) electrons. The highest BCUT2D eigenvalue weighted by Gasteiger charge is 2.42. The maximum Gasteiger partial charge on any atom is 0.305 e. The van der Waals surface area contributed by atoms with Crippen molar-refractivity contribution in [3.05, 3.63) is 72.5 Å². The molecule has 0 unspecified atom stereocenters. The van der Waals surface area contributed by atoms with Gasteiger partial charge in [-0.05, 0) is 89.7 Å². The lowest BCUT2D eigenvalue weighted by molar-refractivity contribution is -0.142. The van der Waals surface area contributed by atoms with E-state index in [0.717, 1.165) is 24.8 Å². The minimum Gasteiger partial charge on any atom is -0.481 e. The standard InChI is InChI=1S/C64H97N21O16/c1-30(2)19-40(65)54(92)79-43(20-31(3)4)55(93)76-33(6)53(91)78-47(24-49(88)89)59(97)83-51(35(8)87)62(100)84-50(34(7)86)61(99)82-46(23-38-27-70-29-74-38)58(96)80-45(22-37-26-69-28-73-37)57(95)77-42(15-11-17-71-64(67)68)63(101)85-18-12-16-48(85)60(98)81-44(56(94)75-32(5)52(66)90)21-36-25-72-41-14-10-9-13-39(36)41/h9-10,13-14,25-35,40,42-48,50-51,72,86-87H,11-12,15-24,65H2,1-8H3,(H2,66,90)(H,69,73)(H,70,74)(H,75,94)(H,76,93)(H,77,95)(H,78,91)(H,79,92)(H,80,96)(H,81,98)(H,82,99)(H,83,97)(H,84,100)(H,88,89)(H4,67,68,71)/t32-,33-,34+,35+,40-,42-,43-,44-,45-,46-,47-,48-,50-,51-/m0/s1. The molecule has 1 fully saturated rings. The number of aliphatic hydroxyl groups is 2. The number of imidazole rings is 2. The van der Waals surface area contributed by atoms with Crippen LogP contribution >= 0.6 is 0 Å². The molecule has 0 aliphatic carbocycles. The fourth-order valence-electron chi connectivity index (χ4n) is 11.1. The Kier molecular flexibility index (Phi) is 31.1. The van der Waals surface area contributed by atoms with Crippen LogP contribution in [-0.2, 0) is 81.6 Å².